The summed E-state index contributed by atoms with van der Waals surface area (Å²) in [5.74, 6) is -0.696. The molecule has 1 amide bonds. The minimum atomic E-state index is -4.55. The summed E-state index contributed by atoms with van der Waals surface area (Å²) in [6.45, 7) is 4.14. The van der Waals surface area contributed by atoms with Crippen LogP contribution < -0.4 is 5.32 Å². The molecule has 1 heterocycles. The van der Waals surface area contributed by atoms with Gasteiger partial charge in [0.25, 0.3) is 5.91 Å². The highest BCUT2D eigenvalue weighted by Crippen LogP contribution is 2.33. The Bertz CT molecular complexity index is 1080. The maximum absolute atomic E-state index is 13.1. The Hall–Kier alpha value is -2.43. The Kier molecular flexibility index (Phi) is 6.73. The van der Waals surface area contributed by atoms with Crippen LogP contribution in [0, 0.1) is 6.92 Å². The molecule has 0 bridgehead atoms. The minimum absolute atomic E-state index is 0.0180. The molecule has 2 aromatic carbocycles. The number of rotatable bonds is 5. The van der Waals surface area contributed by atoms with Crippen molar-refractivity contribution in [3.05, 3.63) is 58.7 Å². The molecule has 1 aliphatic rings. The molecule has 0 unspecified atom stereocenters. The van der Waals surface area contributed by atoms with E-state index in [1.807, 2.05) is 0 Å². The van der Waals surface area contributed by atoms with Gasteiger partial charge in [0, 0.05) is 24.3 Å². The Morgan fingerprint density at radius 3 is 2.42 bits per heavy atom. The number of amides is 1. The molecule has 0 saturated carbocycles. The number of ether oxygens (including phenoxy) is 1. The molecule has 0 atom stereocenters. The first-order chi connectivity index (χ1) is 14.5. The first-order valence-electron chi connectivity index (χ1n) is 9.74. The van der Waals surface area contributed by atoms with Crippen molar-refractivity contribution < 1.29 is 31.1 Å². The summed E-state index contributed by atoms with van der Waals surface area (Å²) in [6, 6.07) is 7.79. The molecule has 0 spiro atoms. The van der Waals surface area contributed by atoms with E-state index in [1.165, 1.54) is 35.5 Å². The summed E-state index contributed by atoms with van der Waals surface area (Å²) in [5, 5.41) is 2.43. The van der Waals surface area contributed by atoms with E-state index in [2.05, 4.69) is 5.32 Å². The van der Waals surface area contributed by atoms with E-state index in [0.29, 0.717) is 12.0 Å². The standard InChI is InChI=1S/C21H23F3N2O4S/c1-3-15-5-6-16(12-19(15)31(28,29)26-8-10-30-11-9-26)20(27)25-17-7-4-14(2)18(13-17)21(22,23)24/h4-7,12-13H,3,8-11H2,1-2H3,(H,25,27). The lowest BCUT2D eigenvalue weighted by Crippen LogP contribution is -2.41. The van der Waals surface area contributed by atoms with Gasteiger partial charge in [-0.2, -0.15) is 17.5 Å². The molecule has 31 heavy (non-hydrogen) atoms. The second kappa shape index (κ2) is 8.97. The van der Waals surface area contributed by atoms with Crippen LogP contribution in [0.5, 0.6) is 0 Å². The van der Waals surface area contributed by atoms with Crippen LogP contribution in [-0.2, 0) is 27.4 Å². The molecule has 6 nitrogen and oxygen atoms in total. The second-order valence-electron chi connectivity index (χ2n) is 7.17. The highest BCUT2D eigenvalue weighted by Gasteiger charge is 2.33. The highest BCUT2D eigenvalue weighted by molar-refractivity contribution is 7.89. The van der Waals surface area contributed by atoms with Gasteiger partial charge in [0.05, 0.1) is 23.7 Å². The second-order valence-corrected chi connectivity index (χ2v) is 9.08. The normalized spacial score (nSPS) is 15.6. The summed E-state index contributed by atoms with van der Waals surface area (Å²) < 4.78 is 72.1. The third kappa shape index (κ3) is 5.08. The average molecular weight is 456 g/mol. The van der Waals surface area contributed by atoms with Crippen molar-refractivity contribution in [1.82, 2.24) is 4.31 Å². The van der Waals surface area contributed by atoms with Gasteiger partial charge in [-0.25, -0.2) is 8.42 Å². The first-order valence-corrected chi connectivity index (χ1v) is 11.2. The van der Waals surface area contributed by atoms with Crippen molar-refractivity contribution in [3.63, 3.8) is 0 Å². The lowest BCUT2D eigenvalue weighted by molar-refractivity contribution is -0.138. The Labute approximate surface area is 179 Å². The lowest BCUT2D eigenvalue weighted by atomic mass is 10.1. The zero-order valence-electron chi connectivity index (χ0n) is 17.1. The van der Waals surface area contributed by atoms with Crippen molar-refractivity contribution >= 4 is 21.6 Å². The predicted molar refractivity (Wildman–Crippen MR) is 110 cm³/mol. The first kappa shape index (κ1) is 23.2. The molecule has 1 N–H and O–H groups in total. The Balaban J connectivity index is 1.92. The molecule has 1 fully saturated rings. The maximum Gasteiger partial charge on any atom is 0.416 e. The van der Waals surface area contributed by atoms with Crippen molar-refractivity contribution in [2.75, 3.05) is 31.6 Å². The van der Waals surface area contributed by atoms with E-state index >= 15 is 0 Å². The minimum Gasteiger partial charge on any atom is -0.379 e. The van der Waals surface area contributed by atoms with Crippen LogP contribution in [0.1, 0.15) is 34.0 Å². The van der Waals surface area contributed by atoms with Crippen molar-refractivity contribution in [2.24, 2.45) is 0 Å². The largest absolute Gasteiger partial charge is 0.416 e. The lowest BCUT2D eigenvalue weighted by Gasteiger charge is -2.27. The quantitative estimate of drug-likeness (QED) is 0.742. The molecule has 168 valence electrons. The number of hydrogen-bond donors (Lipinski definition) is 1. The van der Waals surface area contributed by atoms with Gasteiger partial charge in [0.2, 0.25) is 10.0 Å². The van der Waals surface area contributed by atoms with Gasteiger partial charge >= 0.3 is 6.18 Å². The summed E-state index contributed by atoms with van der Waals surface area (Å²) >= 11 is 0. The maximum atomic E-state index is 13.1. The molecule has 10 heteroatoms. The van der Waals surface area contributed by atoms with Gasteiger partial charge in [-0.15, -0.1) is 0 Å². The SMILES string of the molecule is CCc1ccc(C(=O)Nc2ccc(C)c(C(F)(F)F)c2)cc1S(=O)(=O)N1CCOCC1. The van der Waals surface area contributed by atoms with Crippen molar-refractivity contribution in [2.45, 2.75) is 31.3 Å². The van der Waals surface area contributed by atoms with E-state index in [1.54, 1.807) is 13.0 Å². The molecule has 0 aromatic heterocycles. The molecular formula is C21H23F3N2O4S. The van der Waals surface area contributed by atoms with E-state index in [-0.39, 0.29) is 48.0 Å². The smallest absolute Gasteiger partial charge is 0.379 e. The predicted octanol–water partition coefficient (Wildman–Crippen LogP) is 3.85. The zero-order chi connectivity index (χ0) is 22.8. The van der Waals surface area contributed by atoms with Crippen LogP contribution in [0.15, 0.2) is 41.3 Å². The van der Waals surface area contributed by atoms with Gasteiger partial charge in [0.15, 0.2) is 0 Å². The number of benzene rings is 2. The number of carbonyl (C=O) groups is 1. The van der Waals surface area contributed by atoms with E-state index in [0.717, 1.165) is 6.07 Å². The van der Waals surface area contributed by atoms with Gasteiger partial charge in [-0.05, 0) is 48.7 Å². The van der Waals surface area contributed by atoms with Crippen LogP contribution in [0.4, 0.5) is 18.9 Å². The van der Waals surface area contributed by atoms with E-state index in [9.17, 15) is 26.4 Å². The van der Waals surface area contributed by atoms with Gasteiger partial charge < -0.3 is 10.1 Å². The summed E-state index contributed by atoms with van der Waals surface area (Å²) in [4.78, 5) is 12.7. The van der Waals surface area contributed by atoms with Crippen LogP contribution >= 0.6 is 0 Å². The summed E-state index contributed by atoms with van der Waals surface area (Å²) in [5.41, 5.74) is -0.241. The zero-order valence-corrected chi connectivity index (χ0v) is 17.9. The number of anilines is 1. The highest BCUT2D eigenvalue weighted by atomic mass is 32.2. The van der Waals surface area contributed by atoms with Crippen molar-refractivity contribution in [3.8, 4) is 0 Å². The average Bonchev–Trinajstić information content (AvgIpc) is 2.74. The number of aryl methyl sites for hydroxylation is 2. The number of carbonyl (C=O) groups excluding carboxylic acids is 1. The number of sulfonamides is 1. The molecular weight excluding hydrogens is 433 g/mol. The number of halogens is 3. The van der Waals surface area contributed by atoms with Gasteiger partial charge in [-0.3, -0.25) is 4.79 Å². The van der Waals surface area contributed by atoms with E-state index in [4.69, 9.17) is 4.74 Å². The third-order valence-corrected chi connectivity index (χ3v) is 7.08. The van der Waals surface area contributed by atoms with E-state index < -0.39 is 27.7 Å². The van der Waals surface area contributed by atoms with Gasteiger partial charge in [0.1, 0.15) is 0 Å². The molecule has 3 rings (SSSR count). The Morgan fingerprint density at radius 2 is 1.81 bits per heavy atom. The van der Waals surface area contributed by atoms with Crippen LogP contribution in [0.3, 0.4) is 0 Å². The Morgan fingerprint density at radius 1 is 1.13 bits per heavy atom. The summed E-state index contributed by atoms with van der Waals surface area (Å²) in [7, 11) is -3.84. The number of nitrogens with zero attached hydrogens (tertiary/aromatic N) is 1. The number of nitrogens with one attached hydrogen (secondary N) is 1. The monoisotopic (exact) mass is 456 g/mol. The number of hydrogen-bond acceptors (Lipinski definition) is 4. The van der Waals surface area contributed by atoms with Crippen LogP contribution in [-0.4, -0.2) is 44.9 Å². The fraction of sp³-hybridized carbons (Fsp3) is 0.381. The summed E-state index contributed by atoms with van der Waals surface area (Å²) in [6.07, 6.45) is -4.11. The number of morpholine rings is 1. The molecule has 0 radical (unpaired) electrons. The van der Waals surface area contributed by atoms with Crippen LogP contribution in [0.25, 0.3) is 0 Å². The van der Waals surface area contributed by atoms with Gasteiger partial charge in [-0.1, -0.05) is 19.1 Å². The molecule has 0 aliphatic carbocycles. The molecule has 1 saturated heterocycles. The number of alkyl halides is 3. The van der Waals surface area contributed by atoms with Crippen molar-refractivity contribution in [1.29, 1.82) is 0 Å². The fourth-order valence-electron chi connectivity index (χ4n) is 3.36. The third-order valence-electron chi connectivity index (χ3n) is 5.10. The topological polar surface area (TPSA) is 75.7 Å². The molecule has 2 aromatic rings. The molecule has 1 aliphatic heterocycles. The van der Waals surface area contributed by atoms with Crippen LogP contribution in [0.2, 0.25) is 0 Å². The fourth-order valence-corrected chi connectivity index (χ4v) is 5.09.